The molecule has 0 saturated carbocycles. The number of nitrogens with zero attached hydrogens (tertiary/aromatic N) is 1. The zero-order valence-electron chi connectivity index (χ0n) is 16.6. The fourth-order valence-electron chi connectivity index (χ4n) is 3.66. The number of anilines is 1. The van der Waals surface area contributed by atoms with Crippen LogP contribution in [-0.2, 0) is 26.5 Å². The Morgan fingerprint density at radius 3 is 2.57 bits per heavy atom. The standard InChI is InChI=1S/C20H24N2O6S2/c1-2-27-19-7-5-16(14-20(19)30(25,26)22-10-3-4-11-22)21-29(23,24)17-6-8-18-15(13-17)9-12-28-18/h5-8,13-14,21H,2-4,9-12H2,1H3. The maximum Gasteiger partial charge on any atom is 0.261 e. The molecular weight excluding hydrogens is 428 g/mol. The lowest BCUT2D eigenvalue weighted by atomic mass is 10.2. The monoisotopic (exact) mass is 452 g/mol. The molecule has 0 aliphatic carbocycles. The Morgan fingerprint density at radius 1 is 1.07 bits per heavy atom. The molecule has 0 spiro atoms. The Morgan fingerprint density at radius 2 is 1.83 bits per heavy atom. The number of hydrogen-bond acceptors (Lipinski definition) is 6. The van der Waals surface area contributed by atoms with Gasteiger partial charge in [0, 0.05) is 19.5 Å². The number of hydrogen-bond donors (Lipinski definition) is 1. The van der Waals surface area contributed by atoms with Crippen molar-refractivity contribution in [2.24, 2.45) is 0 Å². The highest BCUT2D eigenvalue weighted by atomic mass is 32.2. The van der Waals surface area contributed by atoms with Crippen LogP contribution in [0.25, 0.3) is 0 Å². The minimum Gasteiger partial charge on any atom is -0.493 e. The molecule has 0 atom stereocenters. The van der Waals surface area contributed by atoms with Gasteiger partial charge < -0.3 is 9.47 Å². The summed E-state index contributed by atoms with van der Waals surface area (Å²) >= 11 is 0. The van der Waals surface area contributed by atoms with Gasteiger partial charge in [-0.3, -0.25) is 4.72 Å². The summed E-state index contributed by atoms with van der Waals surface area (Å²) in [6.07, 6.45) is 2.26. The molecular formula is C20H24N2O6S2. The summed E-state index contributed by atoms with van der Waals surface area (Å²) in [7, 11) is -7.68. The molecule has 1 N–H and O–H groups in total. The van der Waals surface area contributed by atoms with Crippen LogP contribution >= 0.6 is 0 Å². The Labute approximate surface area is 176 Å². The van der Waals surface area contributed by atoms with E-state index >= 15 is 0 Å². The van der Waals surface area contributed by atoms with E-state index in [0.29, 0.717) is 38.5 Å². The van der Waals surface area contributed by atoms with E-state index < -0.39 is 20.0 Å². The molecule has 2 aliphatic rings. The number of benzene rings is 2. The van der Waals surface area contributed by atoms with Gasteiger partial charge in [0.25, 0.3) is 10.0 Å². The zero-order chi connectivity index (χ0) is 21.4. The average molecular weight is 453 g/mol. The van der Waals surface area contributed by atoms with Crippen molar-refractivity contribution in [1.82, 2.24) is 4.31 Å². The van der Waals surface area contributed by atoms with E-state index in [9.17, 15) is 16.8 Å². The Kier molecular flexibility index (Phi) is 5.65. The van der Waals surface area contributed by atoms with E-state index in [2.05, 4.69) is 4.72 Å². The van der Waals surface area contributed by atoms with Gasteiger partial charge in [-0.25, -0.2) is 16.8 Å². The maximum absolute atomic E-state index is 13.1. The lowest BCUT2D eigenvalue weighted by Crippen LogP contribution is -2.28. The molecule has 2 aliphatic heterocycles. The van der Waals surface area contributed by atoms with Crippen LogP contribution in [0.1, 0.15) is 25.3 Å². The molecule has 0 bridgehead atoms. The van der Waals surface area contributed by atoms with Crippen molar-refractivity contribution in [3.8, 4) is 11.5 Å². The third-order valence-corrected chi connectivity index (χ3v) is 8.45. The van der Waals surface area contributed by atoms with Gasteiger partial charge in [0.1, 0.15) is 16.4 Å². The van der Waals surface area contributed by atoms with Crippen LogP contribution in [0.4, 0.5) is 5.69 Å². The van der Waals surface area contributed by atoms with Gasteiger partial charge in [-0.2, -0.15) is 4.31 Å². The third-order valence-electron chi connectivity index (χ3n) is 5.15. The topological polar surface area (TPSA) is 102 Å². The molecule has 2 aromatic rings. The first-order valence-corrected chi connectivity index (χ1v) is 12.8. The van der Waals surface area contributed by atoms with Crippen LogP contribution < -0.4 is 14.2 Å². The van der Waals surface area contributed by atoms with Crippen molar-refractivity contribution in [3.05, 3.63) is 42.0 Å². The fraction of sp³-hybridized carbons (Fsp3) is 0.400. The number of sulfonamides is 2. The summed E-state index contributed by atoms with van der Waals surface area (Å²) in [4.78, 5) is 0.0680. The molecule has 1 saturated heterocycles. The highest BCUT2D eigenvalue weighted by Crippen LogP contribution is 2.33. The van der Waals surface area contributed by atoms with E-state index in [1.807, 2.05) is 0 Å². The van der Waals surface area contributed by atoms with Gasteiger partial charge >= 0.3 is 0 Å². The van der Waals surface area contributed by atoms with E-state index in [-0.39, 0.29) is 21.2 Å². The number of fused-ring (bicyclic) bond motifs is 1. The van der Waals surface area contributed by atoms with Crippen molar-refractivity contribution in [1.29, 1.82) is 0 Å². The normalized spacial score (nSPS) is 16.8. The first-order chi connectivity index (χ1) is 14.3. The van der Waals surface area contributed by atoms with Gasteiger partial charge in [0.05, 0.1) is 23.8 Å². The quantitative estimate of drug-likeness (QED) is 0.693. The fourth-order valence-corrected chi connectivity index (χ4v) is 6.43. The average Bonchev–Trinajstić information content (AvgIpc) is 3.40. The Balaban J connectivity index is 1.67. The van der Waals surface area contributed by atoms with Gasteiger partial charge in [-0.05, 0) is 61.7 Å². The molecule has 162 valence electrons. The van der Waals surface area contributed by atoms with Crippen LogP contribution in [0, 0.1) is 0 Å². The molecule has 4 rings (SSSR count). The van der Waals surface area contributed by atoms with Crippen LogP contribution in [0.3, 0.4) is 0 Å². The Hall–Kier alpha value is -2.30. The summed E-state index contributed by atoms with van der Waals surface area (Å²) in [6.45, 7) is 3.48. The number of rotatable bonds is 7. The van der Waals surface area contributed by atoms with Crippen molar-refractivity contribution in [2.45, 2.75) is 36.0 Å². The van der Waals surface area contributed by atoms with Gasteiger partial charge in [-0.1, -0.05) is 0 Å². The summed E-state index contributed by atoms with van der Waals surface area (Å²) in [6, 6.07) is 9.01. The van der Waals surface area contributed by atoms with E-state index in [4.69, 9.17) is 9.47 Å². The summed E-state index contributed by atoms with van der Waals surface area (Å²) in [5.74, 6) is 0.899. The minimum absolute atomic E-state index is 0.0335. The van der Waals surface area contributed by atoms with E-state index in [1.165, 1.54) is 28.6 Å². The Bertz CT molecular complexity index is 1160. The second kappa shape index (κ2) is 8.09. The van der Waals surface area contributed by atoms with Gasteiger partial charge in [0.2, 0.25) is 10.0 Å². The van der Waals surface area contributed by atoms with Crippen LogP contribution in [-0.4, -0.2) is 47.4 Å². The maximum atomic E-state index is 13.1. The predicted octanol–water partition coefficient (Wildman–Crippen LogP) is 2.61. The van der Waals surface area contributed by atoms with E-state index in [0.717, 1.165) is 18.4 Å². The largest absolute Gasteiger partial charge is 0.493 e. The van der Waals surface area contributed by atoms with Crippen LogP contribution in [0.5, 0.6) is 11.5 Å². The molecule has 10 heteroatoms. The lowest BCUT2D eigenvalue weighted by Gasteiger charge is -2.19. The number of ether oxygens (including phenoxy) is 2. The smallest absolute Gasteiger partial charge is 0.261 e. The third kappa shape index (κ3) is 3.99. The molecule has 0 amide bonds. The first-order valence-electron chi connectivity index (χ1n) is 9.87. The SMILES string of the molecule is CCOc1ccc(NS(=O)(=O)c2ccc3c(c2)CCO3)cc1S(=O)(=O)N1CCCC1. The van der Waals surface area contributed by atoms with Crippen molar-refractivity contribution < 1.29 is 26.3 Å². The molecule has 2 aromatic carbocycles. The van der Waals surface area contributed by atoms with Gasteiger partial charge in [-0.15, -0.1) is 0 Å². The summed E-state index contributed by atoms with van der Waals surface area (Å²) in [5, 5.41) is 0. The van der Waals surface area contributed by atoms with Crippen molar-refractivity contribution in [3.63, 3.8) is 0 Å². The highest BCUT2D eigenvalue weighted by Gasteiger charge is 2.31. The minimum atomic E-state index is -3.90. The second-order valence-corrected chi connectivity index (χ2v) is 10.8. The van der Waals surface area contributed by atoms with Crippen molar-refractivity contribution >= 4 is 25.7 Å². The molecule has 0 aromatic heterocycles. The molecule has 0 unspecified atom stereocenters. The highest BCUT2D eigenvalue weighted by molar-refractivity contribution is 7.92. The summed E-state index contributed by atoms with van der Waals surface area (Å²) in [5.41, 5.74) is 0.995. The van der Waals surface area contributed by atoms with Gasteiger partial charge in [0.15, 0.2) is 0 Å². The zero-order valence-corrected chi connectivity index (χ0v) is 18.3. The molecule has 1 fully saturated rings. The van der Waals surface area contributed by atoms with Crippen molar-refractivity contribution in [2.75, 3.05) is 31.0 Å². The lowest BCUT2D eigenvalue weighted by molar-refractivity contribution is 0.330. The van der Waals surface area contributed by atoms with Crippen LogP contribution in [0.15, 0.2) is 46.2 Å². The second-order valence-electron chi connectivity index (χ2n) is 7.18. The molecule has 0 radical (unpaired) electrons. The molecule has 2 heterocycles. The van der Waals surface area contributed by atoms with Crippen LogP contribution in [0.2, 0.25) is 0 Å². The first kappa shape index (κ1) is 21.0. The predicted molar refractivity (Wildman–Crippen MR) is 112 cm³/mol. The summed E-state index contributed by atoms with van der Waals surface area (Å²) < 4.78 is 66.8. The molecule has 8 nitrogen and oxygen atoms in total. The molecule has 30 heavy (non-hydrogen) atoms. The van der Waals surface area contributed by atoms with E-state index in [1.54, 1.807) is 19.1 Å². The number of nitrogens with one attached hydrogen (secondary N) is 1.